The van der Waals surface area contributed by atoms with E-state index in [1.54, 1.807) is 0 Å². The summed E-state index contributed by atoms with van der Waals surface area (Å²) in [6.45, 7) is 1.49. The molecular weight excluding hydrogens is 349 g/mol. The van der Waals surface area contributed by atoms with Gasteiger partial charge in [-0.15, -0.1) is 0 Å². The van der Waals surface area contributed by atoms with E-state index in [1.807, 2.05) is 0 Å². The second-order valence-electron chi connectivity index (χ2n) is 4.70. The lowest BCUT2D eigenvalue weighted by Crippen LogP contribution is -2.14. The zero-order valence-corrected chi connectivity index (χ0v) is 13.2. The van der Waals surface area contributed by atoms with Gasteiger partial charge in [-0.05, 0) is 42.8 Å². The van der Waals surface area contributed by atoms with Crippen LogP contribution in [0.4, 0.5) is 10.1 Å². The molecule has 0 aliphatic heterocycles. The molecule has 0 saturated carbocycles. The Morgan fingerprint density at radius 2 is 1.91 bits per heavy atom. The molecule has 0 spiro atoms. The summed E-state index contributed by atoms with van der Waals surface area (Å²) >= 11 is 5.58. The minimum atomic E-state index is -4.30. The summed E-state index contributed by atoms with van der Waals surface area (Å²) in [6.07, 6.45) is 0. The van der Waals surface area contributed by atoms with Crippen molar-refractivity contribution in [1.29, 1.82) is 0 Å². The monoisotopic (exact) mass is 359 g/mol. The normalized spacial score (nSPS) is 11.3. The van der Waals surface area contributed by atoms with E-state index in [0.29, 0.717) is 5.56 Å². The molecule has 0 amide bonds. The van der Waals surface area contributed by atoms with Crippen molar-refractivity contribution in [3.8, 4) is 5.75 Å². The van der Waals surface area contributed by atoms with Crippen LogP contribution < -0.4 is 4.72 Å². The second-order valence-corrected chi connectivity index (χ2v) is 6.76. The summed E-state index contributed by atoms with van der Waals surface area (Å²) in [5.41, 5.74) is -0.241. The van der Waals surface area contributed by atoms with Crippen molar-refractivity contribution in [1.82, 2.24) is 0 Å². The molecule has 0 heterocycles. The standard InChI is InChI=1S/C14H11ClFNO5S/c1-7-4-9(14(19)20)13(18)12(5-7)23(21,22)17-8-2-3-11(16)10(15)6-8/h2-6,17-18H,1H3,(H,19,20). The van der Waals surface area contributed by atoms with E-state index in [0.717, 1.165) is 30.3 Å². The van der Waals surface area contributed by atoms with Crippen LogP contribution in [0.25, 0.3) is 0 Å². The lowest BCUT2D eigenvalue weighted by atomic mass is 10.1. The highest BCUT2D eigenvalue weighted by Crippen LogP contribution is 2.30. The van der Waals surface area contributed by atoms with Crippen LogP contribution in [0.15, 0.2) is 35.2 Å². The molecule has 122 valence electrons. The predicted molar refractivity (Wildman–Crippen MR) is 82.0 cm³/mol. The van der Waals surface area contributed by atoms with Gasteiger partial charge >= 0.3 is 5.97 Å². The fraction of sp³-hybridized carbons (Fsp3) is 0.0714. The summed E-state index contributed by atoms with van der Waals surface area (Å²) in [4.78, 5) is 10.5. The predicted octanol–water partition coefficient (Wildman–Crippen LogP) is 2.99. The first kappa shape index (κ1) is 17.0. The SMILES string of the molecule is Cc1cc(C(=O)O)c(O)c(S(=O)(=O)Nc2ccc(F)c(Cl)c2)c1. The maximum atomic E-state index is 13.1. The Morgan fingerprint density at radius 3 is 2.48 bits per heavy atom. The Morgan fingerprint density at radius 1 is 1.26 bits per heavy atom. The lowest BCUT2D eigenvalue weighted by Gasteiger charge is -2.12. The molecule has 3 N–H and O–H groups in total. The van der Waals surface area contributed by atoms with E-state index in [9.17, 15) is 22.7 Å². The molecule has 0 atom stereocenters. The molecule has 0 aromatic heterocycles. The number of sulfonamides is 1. The van der Waals surface area contributed by atoms with Crippen LogP contribution in [0.5, 0.6) is 5.75 Å². The van der Waals surface area contributed by atoms with Crippen molar-refractivity contribution in [2.24, 2.45) is 0 Å². The first-order chi connectivity index (χ1) is 10.6. The van der Waals surface area contributed by atoms with Gasteiger partial charge in [-0.1, -0.05) is 11.6 Å². The summed E-state index contributed by atoms with van der Waals surface area (Å²) in [7, 11) is -4.30. The van der Waals surface area contributed by atoms with E-state index in [2.05, 4.69) is 4.72 Å². The molecule has 23 heavy (non-hydrogen) atoms. The largest absolute Gasteiger partial charge is 0.506 e. The number of carboxylic acid groups (broad SMARTS) is 1. The summed E-state index contributed by atoms with van der Waals surface area (Å²) in [5, 5.41) is 18.6. The van der Waals surface area contributed by atoms with Crippen molar-refractivity contribution in [2.45, 2.75) is 11.8 Å². The van der Waals surface area contributed by atoms with Crippen LogP contribution in [0.1, 0.15) is 15.9 Å². The Labute approximate surface area is 136 Å². The zero-order valence-electron chi connectivity index (χ0n) is 11.7. The molecule has 0 unspecified atom stereocenters. The van der Waals surface area contributed by atoms with Crippen molar-refractivity contribution in [3.63, 3.8) is 0 Å². The Hall–Kier alpha value is -2.32. The van der Waals surface area contributed by atoms with Crippen LogP contribution in [0, 0.1) is 12.7 Å². The van der Waals surface area contributed by atoms with Gasteiger partial charge in [-0.25, -0.2) is 17.6 Å². The van der Waals surface area contributed by atoms with Crippen molar-refractivity contribution < 1.29 is 27.8 Å². The van der Waals surface area contributed by atoms with E-state index in [-0.39, 0.29) is 10.7 Å². The van der Waals surface area contributed by atoms with Gasteiger partial charge in [0.1, 0.15) is 16.3 Å². The summed E-state index contributed by atoms with van der Waals surface area (Å²) < 4.78 is 39.9. The summed E-state index contributed by atoms with van der Waals surface area (Å²) in [6, 6.07) is 5.43. The fourth-order valence-corrected chi connectivity index (χ4v) is 3.32. The number of carbonyl (C=O) groups is 1. The maximum absolute atomic E-state index is 13.1. The van der Waals surface area contributed by atoms with Crippen molar-refractivity contribution in [3.05, 3.63) is 52.3 Å². The minimum Gasteiger partial charge on any atom is -0.506 e. The van der Waals surface area contributed by atoms with Gasteiger partial charge in [0.05, 0.1) is 10.7 Å². The number of aryl methyl sites for hydroxylation is 1. The topological polar surface area (TPSA) is 104 Å². The first-order valence-electron chi connectivity index (χ1n) is 6.16. The highest BCUT2D eigenvalue weighted by Gasteiger charge is 2.24. The molecule has 2 rings (SSSR count). The number of halogens is 2. The van der Waals surface area contributed by atoms with Crippen LogP contribution >= 0.6 is 11.6 Å². The molecule has 0 fully saturated rings. The first-order valence-corrected chi connectivity index (χ1v) is 8.02. The number of rotatable bonds is 4. The van der Waals surface area contributed by atoms with Crippen molar-refractivity contribution in [2.75, 3.05) is 4.72 Å². The Bertz CT molecular complexity index is 898. The fourth-order valence-electron chi connectivity index (χ4n) is 1.88. The lowest BCUT2D eigenvalue weighted by molar-refractivity contribution is 0.0693. The number of carboxylic acids is 1. The number of aromatic hydroxyl groups is 1. The van der Waals surface area contributed by atoms with Crippen LogP contribution in [-0.2, 0) is 10.0 Å². The van der Waals surface area contributed by atoms with Gasteiger partial charge in [0.2, 0.25) is 0 Å². The third-order valence-corrected chi connectivity index (χ3v) is 4.60. The number of aromatic carboxylic acids is 1. The van der Waals surface area contributed by atoms with Crippen LogP contribution in [-0.4, -0.2) is 24.6 Å². The number of hydrogen-bond acceptors (Lipinski definition) is 4. The highest BCUT2D eigenvalue weighted by molar-refractivity contribution is 7.92. The van der Waals surface area contributed by atoms with E-state index >= 15 is 0 Å². The number of benzene rings is 2. The van der Waals surface area contributed by atoms with Gasteiger partial charge in [0, 0.05) is 0 Å². The highest BCUT2D eigenvalue weighted by atomic mass is 35.5. The van der Waals surface area contributed by atoms with Gasteiger partial charge in [0.25, 0.3) is 10.0 Å². The average molecular weight is 360 g/mol. The second kappa shape index (κ2) is 6.05. The van der Waals surface area contributed by atoms with E-state index in [4.69, 9.17) is 16.7 Å². The summed E-state index contributed by atoms with van der Waals surface area (Å²) in [5.74, 6) is -3.07. The molecule has 0 aliphatic carbocycles. The molecule has 0 radical (unpaired) electrons. The Balaban J connectivity index is 2.51. The van der Waals surface area contributed by atoms with E-state index < -0.39 is 38.0 Å². The number of hydrogen-bond donors (Lipinski definition) is 3. The van der Waals surface area contributed by atoms with Gasteiger partial charge in [-0.2, -0.15) is 0 Å². The molecular formula is C14H11ClFNO5S. The number of phenols is 1. The minimum absolute atomic E-state index is 0.0332. The Kier molecular flexibility index (Phi) is 4.49. The van der Waals surface area contributed by atoms with Crippen LogP contribution in [0.2, 0.25) is 5.02 Å². The average Bonchev–Trinajstić information content (AvgIpc) is 2.44. The maximum Gasteiger partial charge on any atom is 0.339 e. The quantitative estimate of drug-likeness (QED) is 0.778. The third-order valence-electron chi connectivity index (χ3n) is 2.91. The molecule has 2 aromatic rings. The molecule has 0 bridgehead atoms. The van der Waals surface area contributed by atoms with Gasteiger partial charge in [-0.3, -0.25) is 4.72 Å². The zero-order chi connectivity index (χ0) is 17.4. The molecule has 9 heteroatoms. The number of nitrogens with one attached hydrogen (secondary N) is 1. The number of anilines is 1. The molecule has 2 aromatic carbocycles. The molecule has 6 nitrogen and oxygen atoms in total. The van der Waals surface area contributed by atoms with Gasteiger partial charge < -0.3 is 10.2 Å². The third kappa shape index (κ3) is 3.54. The van der Waals surface area contributed by atoms with Gasteiger partial charge in [0.15, 0.2) is 5.75 Å². The molecule has 0 saturated heterocycles. The molecule has 0 aliphatic rings. The van der Waals surface area contributed by atoms with Crippen molar-refractivity contribution >= 4 is 33.3 Å². The smallest absolute Gasteiger partial charge is 0.339 e. The van der Waals surface area contributed by atoms with E-state index in [1.165, 1.54) is 6.92 Å². The van der Waals surface area contributed by atoms with Crippen LogP contribution in [0.3, 0.4) is 0 Å².